The molecule has 2 atom stereocenters. The van der Waals surface area contributed by atoms with Gasteiger partial charge in [0.25, 0.3) is 0 Å². The summed E-state index contributed by atoms with van der Waals surface area (Å²) in [4.78, 5) is 37.3. The molecule has 1 N–H and O–H groups in total. The second kappa shape index (κ2) is 6.30. The smallest absolute Gasteiger partial charge is 0.336 e. The fourth-order valence-corrected chi connectivity index (χ4v) is 3.45. The van der Waals surface area contributed by atoms with Gasteiger partial charge in [0.1, 0.15) is 0 Å². The Morgan fingerprint density at radius 3 is 2.71 bits per heavy atom. The number of thioether (sulfide) groups is 1. The van der Waals surface area contributed by atoms with Crippen molar-refractivity contribution >= 4 is 29.5 Å². The SMILES string of the molecule is CCC(C)N1C(=O)CC(Sc2ccccc2C(=O)O)C1=O. The second-order valence-electron chi connectivity index (χ2n) is 4.97. The van der Waals surface area contributed by atoms with E-state index in [4.69, 9.17) is 5.11 Å². The van der Waals surface area contributed by atoms with Gasteiger partial charge in [-0.1, -0.05) is 19.1 Å². The Labute approximate surface area is 127 Å². The van der Waals surface area contributed by atoms with Gasteiger partial charge in [-0.3, -0.25) is 14.5 Å². The van der Waals surface area contributed by atoms with Gasteiger partial charge < -0.3 is 5.11 Å². The van der Waals surface area contributed by atoms with Gasteiger partial charge in [-0.05, 0) is 25.5 Å². The largest absolute Gasteiger partial charge is 0.478 e. The Bertz CT molecular complexity index is 587. The van der Waals surface area contributed by atoms with Crippen molar-refractivity contribution in [3.8, 4) is 0 Å². The molecule has 21 heavy (non-hydrogen) atoms. The number of carboxylic acid groups (broad SMARTS) is 1. The summed E-state index contributed by atoms with van der Waals surface area (Å²) in [6, 6.07) is 6.41. The van der Waals surface area contributed by atoms with Crippen LogP contribution in [0.5, 0.6) is 0 Å². The summed E-state index contributed by atoms with van der Waals surface area (Å²) in [6.07, 6.45) is 0.836. The summed E-state index contributed by atoms with van der Waals surface area (Å²) in [5.41, 5.74) is 0.157. The fraction of sp³-hybridized carbons (Fsp3) is 0.400. The van der Waals surface area contributed by atoms with Crippen LogP contribution in [-0.2, 0) is 9.59 Å². The van der Waals surface area contributed by atoms with Crippen LogP contribution in [0.2, 0.25) is 0 Å². The number of hydrogen-bond donors (Lipinski definition) is 1. The normalized spacial score (nSPS) is 19.9. The number of hydrogen-bond acceptors (Lipinski definition) is 4. The molecule has 1 fully saturated rings. The summed E-state index contributed by atoms with van der Waals surface area (Å²) in [5.74, 6) is -1.44. The van der Waals surface area contributed by atoms with E-state index in [0.29, 0.717) is 11.3 Å². The zero-order chi connectivity index (χ0) is 15.6. The van der Waals surface area contributed by atoms with Crippen molar-refractivity contribution in [2.45, 2.75) is 42.9 Å². The lowest BCUT2D eigenvalue weighted by atomic mass is 10.2. The fourth-order valence-electron chi connectivity index (χ4n) is 2.26. The Kier molecular flexibility index (Phi) is 4.67. The summed E-state index contributed by atoms with van der Waals surface area (Å²) in [7, 11) is 0. The maximum Gasteiger partial charge on any atom is 0.336 e. The van der Waals surface area contributed by atoms with E-state index >= 15 is 0 Å². The first-order valence-corrected chi connectivity index (χ1v) is 7.68. The van der Waals surface area contributed by atoms with Gasteiger partial charge in [0.2, 0.25) is 11.8 Å². The first-order chi connectivity index (χ1) is 9.95. The average Bonchev–Trinajstić information content (AvgIpc) is 2.73. The van der Waals surface area contributed by atoms with Crippen LogP contribution in [0.15, 0.2) is 29.2 Å². The van der Waals surface area contributed by atoms with Crippen molar-refractivity contribution in [2.24, 2.45) is 0 Å². The molecule has 5 nitrogen and oxygen atoms in total. The molecule has 6 heteroatoms. The minimum absolute atomic E-state index is 0.120. The van der Waals surface area contributed by atoms with E-state index in [1.165, 1.54) is 11.0 Å². The number of carbonyl (C=O) groups excluding carboxylic acids is 2. The summed E-state index contributed by atoms with van der Waals surface area (Å²) in [5, 5.41) is 8.62. The molecule has 1 aromatic rings. The Morgan fingerprint density at radius 1 is 1.43 bits per heavy atom. The van der Waals surface area contributed by atoms with Crippen molar-refractivity contribution < 1.29 is 19.5 Å². The zero-order valence-corrected chi connectivity index (χ0v) is 12.7. The van der Waals surface area contributed by atoms with Gasteiger partial charge in [-0.25, -0.2) is 4.79 Å². The molecule has 2 amide bonds. The Hall–Kier alpha value is -1.82. The first-order valence-electron chi connectivity index (χ1n) is 6.80. The molecule has 0 radical (unpaired) electrons. The van der Waals surface area contributed by atoms with Crippen molar-refractivity contribution in [1.29, 1.82) is 0 Å². The van der Waals surface area contributed by atoms with Crippen LogP contribution in [0.3, 0.4) is 0 Å². The predicted molar refractivity (Wildman–Crippen MR) is 79.3 cm³/mol. The van der Waals surface area contributed by atoms with Crippen LogP contribution in [0.25, 0.3) is 0 Å². The maximum atomic E-state index is 12.3. The van der Waals surface area contributed by atoms with E-state index in [9.17, 15) is 14.4 Å². The van der Waals surface area contributed by atoms with Gasteiger partial charge in [0, 0.05) is 17.4 Å². The highest BCUT2D eigenvalue weighted by Crippen LogP contribution is 2.34. The van der Waals surface area contributed by atoms with E-state index < -0.39 is 11.2 Å². The second-order valence-corrected chi connectivity index (χ2v) is 6.22. The van der Waals surface area contributed by atoms with Crippen LogP contribution in [0, 0.1) is 0 Å². The quantitative estimate of drug-likeness (QED) is 0.846. The third-order valence-corrected chi connectivity index (χ3v) is 4.82. The highest BCUT2D eigenvalue weighted by molar-refractivity contribution is 8.00. The summed E-state index contributed by atoms with van der Waals surface area (Å²) < 4.78 is 0. The number of carboxylic acids is 1. The molecule has 0 aromatic heterocycles. The third kappa shape index (κ3) is 3.10. The highest BCUT2D eigenvalue weighted by atomic mass is 32.2. The molecule has 0 bridgehead atoms. The topological polar surface area (TPSA) is 74.7 Å². The molecule has 1 heterocycles. The number of likely N-dealkylation sites (tertiary alicyclic amines) is 1. The average molecular weight is 307 g/mol. The summed E-state index contributed by atoms with van der Waals surface area (Å²) in [6.45, 7) is 3.76. The standard InChI is InChI=1S/C15H17NO4S/c1-3-9(2)16-13(17)8-12(14(16)18)21-11-7-5-4-6-10(11)15(19)20/h4-7,9,12H,3,8H2,1-2H3,(H,19,20). The lowest BCUT2D eigenvalue weighted by molar-refractivity contribution is -0.140. The van der Waals surface area contributed by atoms with E-state index in [1.807, 2.05) is 13.8 Å². The van der Waals surface area contributed by atoms with Gasteiger partial charge in [0.15, 0.2) is 0 Å². The molecule has 0 saturated carbocycles. The zero-order valence-electron chi connectivity index (χ0n) is 11.9. The minimum Gasteiger partial charge on any atom is -0.478 e. The molecule has 1 saturated heterocycles. The maximum absolute atomic E-state index is 12.3. The van der Waals surface area contributed by atoms with Gasteiger partial charge in [-0.2, -0.15) is 0 Å². The lowest BCUT2D eigenvalue weighted by Gasteiger charge is -2.21. The van der Waals surface area contributed by atoms with Gasteiger partial charge in [0.05, 0.1) is 10.8 Å². The third-order valence-electron chi connectivity index (χ3n) is 3.56. The van der Waals surface area contributed by atoms with Crippen LogP contribution in [0.1, 0.15) is 37.0 Å². The predicted octanol–water partition coefficient (Wildman–Crippen LogP) is 2.40. The van der Waals surface area contributed by atoms with Gasteiger partial charge >= 0.3 is 5.97 Å². The van der Waals surface area contributed by atoms with Crippen molar-refractivity contribution in [1.82, 2.24) is 4.90 Å². The summed E-state index contributed by atoms with van der Waals surface area (Å²) >= 11 is 1.16. The Morgan fingerprint density at radius 2 is 2.10 bits per heavy atom. The molecule has 1 aliphatic heterocycles. The molecule has 2 unspecified atom stereocenters. The van der Waals surface area contributed by atoms with Crippen LogP contribution >= 0.6 is 11.8 Å². The van der Waals surface area contributed by atoms with Crippen LogP contribution in [-0.4, -0.2) is 39.1 Å². The van der Waals surface area contributed by atoms with E-state index in [-0.39, 0.29) is 29.8 Å². The molecule has 0 spiro atoms. The van der Waals surface area contributed by atoms with Gasteiger partial charge in [-0.15, -0.1) is 11.8 Å². The molecule has 112 valence electrons. The minimum atomic E-state index is -1.03. The highest BCUT2D eigenvalue weighted by Gasteiger charge is 2.41. The molecule has 0 aliphatic carbocycles. The Balaban J connectivity index is 2.20. The van der Waals surface area contributed by atoms with Crippen LogP contribution < -0.4 is 0 Å². The number of imide groups is 1. The number of carbonyl (C=O) groups is 3. The van der Waals surface area contributed by atoms with E-state index in [0.717, 1.165) is 11.8 Å². The number of rotatable bonds is 5. The molecule has 1 aliphatic rings. The molecule has 2 rings (SSSR count). The first kappa shape index (κ1) is 15.6. The van der Waals surface area contributed by atoms with Crippen molar-refractivity contribution in [3.05, 3.63) is 29.8 Å². The number of nitrogens with zero attached hydrogens (tertiary/aromatic N) is 1. The van der Waals surface area contributed by atoms with Crippen molar-refractivity contribution in [2.75, 3.05) is 0 Å². The van der Waals surface area contributed by atoms with E-state index in [1.54, 1.807) is 18.2 Å². The molecular formula is C15H17NO4S. The number of benzene rings is 1. The van der Waals surface area contributed by atoms with E-state index in [2.05, 4.69) is 0 Å². The van der Waals surface area contributed by atoms with Crippen molar-refractivity contribution in [3.63, 3.8) is 0 Å². The molecule has 1 aromatic carbocycles. The number of amides is 2. The molecular weight excluding hydrogens is 290 g/mol. The lowest BCUT2D eigenvalue weighted by Crippen LogP contribution is -2.38. The van der Waals surface area contributed by atoms with Crippen LogP contribution in [0.4, 0.5) is 0 Å². The number of aromatic carboxylic acids is 1. The monoisotopic (exact) mass is 307 g/mol.